The summed E-state index contributed by atoms with van der Waals surface area (Å²) in [6, 6.07) is 10.8. The van der Waals surface area contributed by atoms with E-state index in [9.17, 15) is 4.79 Å². The lowest BCUT2D eigenvalue weighted by Crippen LogP contribution is -2.03. The van der Waals surface area contributed by atoms with Crippen LogP contribution in [0.5, 0.6) is 5.75 Å². The second-order valence-electron chi connectivity index (χ2n) is 4.20. The lowest BCUT2D eigenvalue weighted by molar-refractivity contribution is 0.103. The highest BCUT2D eigenvalue weighted by Gasteiger charge is 2.11. The summed E-state index contributed by atoms with van der Waals surface area (Å²) in [5.74, 6) is 0.672. The summed E-state index contributed by atoms with van der Waals surface area (Å²) < 4.78 is 5.12. The lowest BCUT2D eigenvalue weighted by atomic mass is 10.0. The minimum atomic E-state index is -0.0116. The molecule has 1 aromatic carbocycles. The summed E-state index contributed by atoms with van der Waals surface area (Å²) in [6.07, 6.45) is 0. The molecular formula is C15H15NO2. The Balaban J connectivity index is 2.41. The number of carbonyl (C=O) groups is 1. The Labute approximate surface area is 106 Å². The largest absolute Gasteiger partial charge is 0.497 e. The van der Waals surface area contributed by atoms with Gasteiger partial charge in [-0.15, -0.1) is 0 Å². The number of methoxy groups -OCH3 is 1. The molecule has 0 aliphatic carbocycles. The lowest BCUT2D eigenvalue weighted by Gasteiger charge is -2.05. The average molecular weight is 241 g/mol. The highest BCUT2D eigenvalue weighted by Crippen LogP contribution is 2.17. The molecule has 0 aliphatic rings. The van der Waals surface area contributed by atoms with E-state index >= 15 is 0 Å². The van der Waals surface area contributed by atoms with Crippen molar-refractivity contribution in [1.29, 1.82) is 0 Å². The van der Waals surface area contributed by atoms with Crippen LogP contribution in [0.4, 0.5) is 0 Å². The topological polar surface area (TPSA) is 39.2 Å². The van der Waals surface area contributed by atoms with Crippen molar-refractivity contribution in [1.82, 2.24) is 4.98 Å². The zero-order valence-corrected chi connectivity index (χ0v) is 10.7. The van der Waals surface area contributed by atoms with Crippen molar-refractivity contribution < 1.29 is 9.53 Å². The first-order valence-electron chi connectivity index (χ1n) is 5.74. The van der Waals surface area contributed by atoms with Crippen molar-refractivity contribution >= 4 is 5.78 Å². The maximum atomic E-state index is 12.3. The third-order valence-electron chi connectivity index (χ3n) is 2.68. The van der Waals surface area contributed by atoms with Crippen LogP contribution < -0.4 is 4.74 Å². The minimum Gasteiger partial charge on any atom is -0.497 e. The highest BCUT2D eigenvalue weighted by molar-refractivity contribution is 6.09. The third-order valence-corrected chi connectivity index (χ3v) is 2.68. The van der Waals surface area contributed by atoms with Gasteiger partial charge in [0.2, 0.25) is 0 Å². The second kappa shape index (κ2) is 5.00. The Hall–Kier alpha value is -2.16. The predicted octanol–water partition coefficient (Wildman–Crippen LogP) is 2.94. The van der Waals surface area contributed by atoms with Gasteiger partial charge in [0.05, 0.1) is 7.11 Å². The smallest absolute Gasteiger partial charge is 0.193 e. The van der Waals surface area contributed by atoms with Crippen molar-refractivity contribution in [2.75, 3.05) is 7.11 Å². The van der Waals surface area contributed by atoms with Gasteiger partial charge in [0, 0.05) is 22.5 Å². The molecule has 1 heterocycles. The molecule has 0 saturated heterocycles. The van der Waals surface area contributed by atoms with E-state index in [2.05, 4.69) is 4.98 Å². The van der Waals surface area contributed by atoms with Gasteiger partial charge in [0.1, 0.15) is 5.75 Å². The van der Waals surface area contributed by atoms with Gasteiger partial charge in [0.25, 0.3) is 0 Å². The number of ether oxygens (including phenoxy) is 1. The van der Waals surface area contributed by atoms with Crippen LogP contribution in [-0.2, 0) is 0 Å². The Morgan fingerprint density at radius 3 is 2.33 bits per heavy atom. The zero-order chi connectivity index (χ0) is 13.1. The van der Waals surface area contributed by atoms with Crippen LogP contribution in [0, 0.1) is 13.8 Å². The molecule has 3 heteroatoms. The van der Waals surface area contributed by atoms with Gasteiger partial charge in [0.15, 0.2) is 5.78 Å². The first-order valence-corrected chi connectivity index (χ1v) is 5.74. The molecule has 0 spiro atoms. The molecule has 0 bridgehead atoms. The van der Waals surface area contributed by atoms with Gasteiger partial charge in [-0.2, -0.15) is 0 Å². The molecule has 0 amide bonds. The summed E-state index contributed by atoms with van der Waals surface area (Å²) in [6.45, 7) is 3.77. The fourth-order valence-electron chi connectivity index (χ4n) is 1.90. The molecule has 1 aromatic heterocycles. The molecule has 2 rings (SSSR count). The molecule has 0 saturated carbocycles. The van der Waals surface area contributed by atoms with Crippen LogP contribution in [-0.4, -0.2) is 17.9 Å². The van der Waals surface area contributed by atoms with E-state index in [1.807, 2.05) is 26.0 Å². The average Bonchev–Trinajstić information content (AvgIpc) is 2.37. The third kappa shape index (κ3) is 2.56. The highest BCUT2D eigenvalue weighted by atomic mass is 16.5. The Morgan fingerprint density at radius 1 is 1.06 bits per heavy atom. The molecule has 92 valence electrons. The molecule has 18 heavy (non-hydrogen) atoms. The number of rotatable bonds is 3. The first kappa shape index (κ1) is 12.3. The molecule has 0 aliphatic heterocycles. The van der Waals surface area contributed by atoms with E-state index in [0.29, 0.717) is 16.9 Å². The molecule has 2 aromatic rings. The standard InChI is InChI=1S/C15H15NO2/c1-10-7-13(8-11(2)16-10)15(17)12-5-4-6-14(9-12)18-3/h4-9H,1-3H3. The van der Waals surface area contributed by atoms with Gasteiger partial charge in [-0.25, -0.2) is 0 Å². The number of pyridine rings is 1. The number of benzene rings is 1. The number of hydrogen-bond donors (Lipinski definition) is 0. The normalized spacial score (nSPS) is 10.2. The SMILES string of the molecule is COc1cccc(C(=O)c2cc(C)nc(C)c2)c1. The fraction of sp³-hybridized carbons (Fsp3) is 0.200. The molecule has 0 radical (unpaired) electrons. The Bertz CT molecular complexity index is 571. The van der Waals surface area contributed by atoms with Gasteiger partial charge in [-0.3, -0.25) is 9.78 Å². The quantitative estimate of drug-likeness (QED) is 0.775. The number of ketones is 1. The maximum absolute atomic E-state index is 12.3. The summed E-state index contributed by atoms with van der Waals surface area (Å²) in [5, 5.41) is 0. The van der Waals surface area contributed by atoms with Crippen molar-refractivity contribution in [2.45, 2.75) is 13.8 Å². The monoisotopic (exact) mass is 241 g/mol. The number of hydrogen-bond acceptors (Lipinski definition) is 3. The summed E-state index contributed by atoms with van der Waals surface area (Å²) in [5.41, 5.74) is 2.98. The first-order chi connectivity index (χ1) is 8.60. The molecular weight excluding hydrogens is 226 g/mol. The van der Waals surface area contributed by atoms with E-state index in [1.165, 1.54) is 0 Å². The molecule has 0 N–H and O–H groups in total. The van der Waals surface area contributed by atoms with E-state index in [0.717, 1.165) is 11.4 Å². The number of aromatic nitrogens is 1. The summed E-state index contributed by atoms with van der Waals surface area (Å²) in [4.78, 5) is 16.6. The van der Waals surface area contributed by atoms with Crippen LogP contribution in [0.1, 0.15) is 27.3 Å². The van der Waals surface area contributed by atoms with Crippen LogP contribution in [0.2, 0.25) is 0 Å². The van der Waals surface area contributed by atoms with E-state index in [4.69, 9.17) is 4.74 Å². The maximum Gasteiger partial charge on any atom is 0.193 e. The van der Waals surface area contributed by atoms with Crippen molar-refractivity contribution in [3.05, 3.63) is 58.9 Å². The summed E-state index contributed by atoms with van der Waals surface area (Å²) in [7, 11) is 1.59. The van der Waals surface area contributed by atoms with Crippen molar-refractivity contribution in [2.24, 2.45) is 0 Å². The van der Waals surface area contributed by atoms with Crippen LogP contribution >= 0.6 is 0 Å². The predicted molar refractivity (Wildman–Crippen MR) is 70.1 cm³/mol. The number of carbonyl (C=O) groups excluding carboxylic acids is 1. The van der Waals surface area contributed by atoms with Crippen LogP contribution in [0.15, 0.2) is 36.4 Å². The second-order valence-corrected chi connectivity index (χ2v) is 4.20. The molecule has 0 unspecified atom stereocenters. The van der Waals surface area contributed by atoms with E-state index < -0.39 is 0 Å². The van der Waals surface area contributed by atoms with E-state index in [1.54, 1.807) is 31.4 Å². The Kier molecular flexibility index (Phi) is 3.42. The van der Waals surface area contributed by atoms with Crippen LogP contribution in [0.3, 0.4) is 0 Å². The molecule has 3 nitrogen and oxygen atoms in total. The zero-order valence-electron chi connectivity index (χ0n) is 10.7. The molecule has 0 fully saturated rings. The van der Waals surface area contributed by atoms with Gasteiger partial charge in [-0.05, 0) is 38.1 Å². The van der Waals surface area contributed by atoms with Crippen molar-refractivity contribution in [3.63, 3.8) is 0 Å². The van der Waals surface area contributed by atoms with Gasteiger partial charge in [-0.1, -0.05) is 12.1 Å². The Morgan fingerprint density at radius 2 is 1.72 bits per heavy atom. The van der Waals surface area contributed by atoms with Crippen LogP contribution in [0.25, 0.3) is 0 Å². The van der Waals surface area contributed by atoms with E-state index in [-0.39, 0.29) is 5.78 Å². The molecule has 0 atom stereocenters. The summed E-state index contributed by atoms with van der Waals surface area (Å²) >= 11 is 0. The van der Waals surface area contributed by atoms with Crippen molar-refractivity contribution in [3.8, 4) is 5.75 Å². The van der Waals surface area contributed by atoms with Gasteiger partial charge < -0.3 is 4.74 Å². The van der Waals surface area contributed by atoms with Gasteiger partial charge >= 0.3 is 0 Å². The number of nitrogens with zero attached hydrogens (tertiary/aromatic N) is 1. The fourth-order valence-corrected chi connectivity index (χ4v) is 1.90. The minimum absolute atomic E-state index is 0.0116. The number of aryl methyl sites for hydroxylation is 2.